The van der Waals surface area contributed by atoms with Gasteiger partial charge in [0.15, 0.2) is 0 Å². The van der Waals surface area contributed by atoms with Gasteiger partial charge in [-0.05, 0) is 49.6 Å². The Balaban J connectivity index is 2.04. The second kappa shape index (κ2) is 12.9. The van der Waals surface area contributed by atoms with Gasteiger partial charge in [-0.3, -0.25) is 13.9 Å². The first-order valence-corrected chi connectivity index (χ1v) is 14.6. The van der Waals surface area contributed by atoms with Crippen LogP contribution in [0.15, 0.2) is 78.9 Å². The van der Waals surface area contributed by atoms with Crippen molar-refractivity contribution in [2.24, 2.45) is 0 Å². The molecule has 0 fully saturated rings. The van der Waals surface area contributed by atoms with E-state index in [1.54, 1.807) is 12.1 Å². The van der Waals surface area contributed by atoms with E-state index in [1.807, 2.05) is 81.4 Å². The minimum Gasteiger partial charge on any atom is -0.352 e. The molecule has 3 aromatic rings. The fourth-order valence-electron chi connectivity index (χ4n) is 4.07. The van der Waals surface area contributed by atoms with Crippen LogP contribution in [0.4, 0.5) is 5.69 Å². The van der Waals surface area contributed by atoms with E-state index in [-0.39, 0.29) is 30.6 Å². The Morgan fingerprint density at radius 1 is 0.921 bits per heavy atom. The van der Waals surface area contributed by atoms with Gasteiger partial charge >= 0.3 is 0 Å². The third-order valence-electron chi connectivity index (χ3n) is 6.02. The van der Waals surface area contributed by atoms with Gasteiger partial charge in [-0.25, -0.2) is 8.42 Å². The Labute approximate surface area is 230 Å². The second-order valence-electron chi connectivity index (χ2n) is 9.58. The summed E-state index contributed by atoms with van der Waals surface area (Å²) in [6.45, 7) is 5.17. The number of halogens is 1. The summed E-state index contributed by atoms with van der Waals surface area (Å²) in [5, 5.41) is 3.32. The Hall–Kier alpha value is -3.36. The summed E-state index contributed by atoms with van der Waals surface area (Å²) in [7, 11) is -3.85. The van der Waals surface area contributed by atoms with Crippen molar-refractivity contribution in [3.05, 3.63) is 101 Å². The Morgan fingerprint density at radius 3 is 2.03 bits per heavy atom. The number of amides is 2. The van der Waals surface area contributed by atoms with Crippen molar-refractivity contribution < 1.29 is 18.0 Å². The van der Waals surface area contributed by atoms with Gasteiger partial charge in [0, 0.05) is 24.0 Å². The number of rotatable bonds is 11. The lowest BCUT2D eigenvalue weighted by atomic mass is 10.0. The summed E-state index contributed by atoms with van der Waals surface area (Å²) in [4.78, 5) is 28.9. The van der Waals surface area contributed by atoms with Crippen molar-refractivity contribution in [2.75, 3.05) is 17.1 Å². The summed E-state index contributed by atoms with van der Waals surface area (Å²) >= 11 is 6.28. The maximum Gasteiger partial charge on any atom is 0.244 e. The number of hydrogen-bond donors (Lipinski definition) is 1. The molecule has 0 aliphatic heterocycles. The predicted molar refractivity (Wildman–Crippen MR) is 153 cm³/mol. The van der Waals surface area contributed by atoms with Crippen LogP contribution >= 0.6 is 11.6 Å². The first-order chi connectivity index (χ1) is 18.0. The maximum absolute atomic E-state index is 14.0. The first-order valence-electron chi connectivity index (χ1n) is 12.4. The molecule has 0 saturated carbocycles. The first kappa shape index (κ1) is 29.2. The zero-order valence-corrected chi connectivity index (χ0v) is 23.7. The van der Waals surface area contributed by atoms with Crippen molar-refractivity contribution in [3.63, 3.8) is 0 Å². The minimum atomic E-state index is -3.85. The number of anilines is 1. The Morgan fingerprint density at radius 2 is 1.50 bits per heavy atom. The molecule has 1 unspecified atom stereocenters. The van der Waals surface area contributed by atoms with E-state index >= 15 is 0 Å². The number of nitrogens with zero attached hydrogens (tertiary/aromatic N) is 2. The Kier molecular flexibility index (Phi) is 9.94. The van der Waals surface area contributed by atoms with E-state index in [9.17, 15) is 18.0 Å². The van der Waals surface area contributed by atoms with Crippen LogP contribution in [-0.2, 0) is 32.6 Å². The highest BCUT2D eigenvalue weighted by atomic mass is 35.5. The highest BCUT2D eigenvalue weighted by Gasteiger charge is 2.33. The molecule has 1 N–H and O–H groups in total. The minimum absolute atomic E-state index is 0.134. The van der Waals surface area contributed by atoms with Gasteiger partial charge in [-0.1, -0.05) is 78.3 Å². The van der Waals surface area contributed by atoms with Gasteiger partial charge in [0.2, 0.25) is 21.8 Å². The SMILES string of the molecule is Cc1ccc(N(CC(=O)N(Cc2ccccc2)C(Cc2ccccc2)C(=O)NC(C)C)S(C)(=O)=O)cc1Cl. The van der Waals surface area contributed by atoms with Gasteiger partial charge in [-0.15, -0.1) is 0 Å². The summed E-state index contributed by atoms with van der Waals surface area (Å²) in [6, 6.07) is 22.6. The molecule has 0 aliphatic rings. The standard InChI is InChI=1S/C29H34ClN3O4S/c1-21(2)31-29(35)27(17-23-11-7-5-8-12-23)32(19-24-13-9-6-10-14-24)28(34)20-33(38(4,36)37)25-16-15-22(3)26(30)18-25/h5-16,18,21,27H,17,19-20H2,1-4H3,(H,31,35). The molecule has 38 heavy (non-hydrogen) atoms. The fourth-order valence-corrected chi connectivity index (χ4v) is 5.08. The lowest BCUT2D eigenvalue weighted by Crippen LogP contribution is -2.54. The smallest absolute Gasteiger partial charge is 0.244 e. The Bertz CT molecular complexity index is 1350. The lowest BCUT2D eigenvalue weighted by Gasteiger charge is -2.34. The molecule has 0 aliphatic carbocycles. The summed E-state index contributed by atoms with van der Waals surface area (Å²) < 4.78 is 26.7. The average molecular weight is 556 g/mol. The van der Waals surface area contributed by atoms with E-state index in [4.69, 9.17) is 11.6 Å². The molecule has 7 nitrogen and oxygen atoms in total. The molecule has 2 amide bonds. The maximum atomic E-state index is 14.0. The molecule has 202 valence electrons. The van der Waals surface area contributed by atoms with Crippen LogP contribution in [0.3, 0.4) is 0 Å². The summed E-state index contributed by atoms with van der Waals surface area (Å²) in [5.41, 5.74) is 2.77. The molecular formula is C29H34ClN3O4S. The van der Waals surface area contributed by atoms with Crippen LogP contribution in [-0.4, -0.2) is 50.0 Å². The quantitative estimate of drug-likeness (QED) is 0.375. The number of nitrogens with one attached hydrogen (secondary N) is 1. The van der Waals surface area contributed by atoms with Crippen molar-refractivity contribution in [2.45, 2.75) is 45.8 Å². The van der Waals surface area contributed by atoms with Gasteiger partial charge in [-0.2, -0.15) is 0 Å². The highest BCUT2D eigenvalue weighted by molar-refractivity contribution is 7.92. The van der Waals surface area contributed by atoms with Gasteiger partial charge < -0.3 is 10.2 Å². The summed E-state index contributed by atoms with van der Waals surface area (Å²) in [5.74, 6) is -0.812. The van der Waals surface area contributed by atoms with E-state index in [0.717, 1.165) is 27.3 Å². The normalized spacial score (nSPS) is 12.2. The fraction of sp³-hybridized carbons (Fsp3) is 0.310. The van der Waals surface area contributed by atoms with Gasteiger partial charge in [0.25, 0.3) is 0 Å². The number of hydrogen-bond acceptors (Lipinski definition) is 4. The van der Waals surface area contributed by atoms with Gasteiger partial charge in [0.05, 0.1) is 11.9 Å². The van der Waals surface area contributed by atoms with Crippen LogP contribution in [0.5, 0.6) is 0 Å². The number of carbonyl (C=O) groups excluding carboxylic acids is 2. The van der Waals surface area contributed by atoms with E-state index < -0.39 is 28.5 Å². The second-order valence-corrected chi connectivity index (χ2v) is 11.9. The zero-order valence-electron chi connectivity index (χ0n) is 22.1. The lowest BCUT2D eigenvalue weighted by molar-refractivity contribution is -0.140. The predicted octanol–water partition coefficient (Wildman–Crippen LogP) is 4.58. The molecule has 0 heterocycles. The van der Waals surface area contributed by atoms with E-state index in [2.05, 4.69) is 5.32 Å². The zero-order chi connectivity index (χ0) is 27.9. The van der Waals surface area contributed by atoms with Crippen LogP contribution in [0.1, 0.15) is 30.5 Å². The summed E-state index contributed by atoms with van der Waals surface area (Å²) in [6.07, 6.45) is 1.32. The van der Waals surface area contributed by atoms with E-state index in [0.29, 0.717) is 5.02 Å². The largest absolute Gasteiger partial charge is 0.352 e. The van der Waals surface area contributed by atoms with Crippen LogP contribution < -0.4 is 9.62 Å². The molecular weight excluding hydrogens is 522 g/mol. The third-order valence-corrected chi connectivity index (χ3v) is 7.57. The number of carbonyl (C=O) groups is 2. The molecule has 0 radical (unpaired) electrons. The molecule has 9 heteroatoms. The molecule has 0 aromatic heterocycles. The third kappa shape index (κ3) is 8.07. The van der Waals surface area contributed by atoms with Crippen molar-refractivity contribution >= 4 is 39.1 Å². The van der Waals surface area contributed by atoms with Crippen molar-refractivity contribution in [3.8, 4) is 0 Å². The van der Waals surface area contributed by atoms with Crippen molar-refractivity contribution in [1.29, 1.82) is 0 Å². The highest BCUT2D eigenvalue weighted by Crippen LogP contribution is 2.25. The molecule has 0 bridgehead atoms. The van der Waals surface area contributed by atoms with Crippen LogP contribution in [0.2, 0.25) is 5.02 Å². The average Bonchev–Trinajstić information content (AvgIpc) is 2.86. The molecule has 0 saturated heterocycles. The molecule has 3 rings (SSSR count). The van der Waals surface area contributed by atoms with Crippen LogP contribution in [0, 0.1) is 6.92 Å². The molecule has 0 spiro atoms. The monoisotopic (exact) mass is 555 g/mol. The van der Waals surface area contributed by atoms with Gasteiger partial charge in [0.1, 0.15) is 12.6 Å². The van der Waals surface area contributed by atoms with E-state index in [1.165, 1.54) is 11.0 Å². The van der Waals surface area contributed by atoms with Crippen molar-refractivity contribution in [1.82, 2.24) is 10.2 Å². The molecule has 3 aromatic carbocycles. The number of sulfonamides is 1. The number of aryl methyl sites for hydroxylation is 1. The van der Waals surface area contributed by atoms with Crippen LogP contribution in [0.25, 0.3) is 0 Å². The number of benzene rings is 3. The molecule has 1 atom stereocenters. The topological polar surface area (TPSA) is 86.8 Å².